The Morgan fingerprint density at radius 3 is 2.76 bits per heavy atom. The minimum atomic E-state index is -0.424. The molecule has 2 atom stereocenters. The lowest BCUT2D eigenvalue weighted by atomic mass is 10.1. The summed E-state index contributed by atoms with van der Waals surface area (Å²) in [7, 11) is 3.20. The smallest absolute Gasteiger partial charge is 0.237 e. The van der Waals surface area contributed by atoms with E-state index >= 15 is 0 Å². The van der Waals surface area contributed by atoms with Crippen molar-refractivity contribution in [3.63, 3.8) is 0 Å². The van der Waals surface area contributed by atoms with Crippen LogP contribution >= 0.6 is 0 Å². The van der Waals surface area contributed by atoms with Gasteiger partial charge >= 0.3 is 0 Å². The number of rotatable bonds is 6. The molecular formula is C15H22N2O4. The van der Waals surface area contributed by atoms with Crippen molar-refractivity contribution in [3.05, 3.63) is 23.8 Å². The highest BCUT2D eigenvalue weighted by Crippen LogP contribution is 2.27. The molecule has 2 rings (SSSR count). The van der Waals surface area contributed by atoms with Gasteiger partial charge in [0, 0.05) is 13.1 Å². The van der Waals surface area contributed by atoms with Gasteiger partial charge in [0.2, 0.25) is 5.91 Å². The van der Waals surface area contributed by atoms with Gasteiger partial charge in [-0.25, -0.2) is 0 Å². The van der Waals surface area contributed by atoms with Gasteiger partial charge in [-0.1, -0.05) is 6.07 Å². The highest BCUT2D eigenvalue weighted by atomic mass is 16.5. The quantitative estimate of drug-likeness (QED) is 0.693. The number of carbonyl (C=O) groups is 1. The molecule has 6 heteroatoms. The molecule has 1 aromatic carbocycles. The largest absolute Gasteiger partial charge is 0.493 e. The average molecular weight is 294 g/mol. The molecule has 0 bridgehead atoms. The molecule has 1 fully saturated rings. The van der Waals surface area contributed by atoms with Gasteiger partial charge in [0.25, 0.3) is 0 Å². The maximum absolute atomic E-state index is 11.9. The number of hydrogen-bond acceptors (Lipinski definition) is 5. The predicted molar refractivity (Wildman–Crippen MR) is 78.7 cm³/mol. The summed E-state index contributed by atoms with van der Waals surface area (Å²) in [4.78, 5) is 11.9. The van der Waals surface area contributed by atoms with Crippen molar-refractivity contribution in [1.82, 2.24) is 10.6 Å². The summed E-state index contributed by atoms with van der Waals surface area (Å²) < 4.78 is 10.4. The average Bonchev–Trinajstić information content (AvgIpc) is 2.93. The Labute approximate surface area is 124 Å². The van der Waals surface area contributed by atoms with E-state index in [1.165, 1.54) is 0 Å². The van der Waals surface area contributed by atoms with Crippen molar-refractivity contribution in [2.45, 2.75) is 25.0 Å². The molecule has 0 aromatic heterocycles. The Morgan fingerprint density at radius 1 is 1.38 bits per heavy atom. The molecule has 0 spiro atoms. The Hall–Kier alpha value is -1.79. The fourth-order valence-corrected chi connectivity index (χ4v) is 2.41. The minimum Gasteiger partial charge on any atom is -0.493 e. The number of amides is 1. The van der Waals surface area contributed by atoms with Crippen molar-refractivity contribution in [2.75, 3.05) is 27.3 Å². The SMILES string of the molecule is COc1ccc(CCNC(=O)C2CC(O)CN2)cc1OC. The Kier molecular flexibility index (Phi) is 5.41. The van der Waals surface area contributed by atoms with Gasteiger partial charge in [0.15, 0.2) is 11.5 Å². The van der Waals surface area contributed by atoms with Gasteiger partial charge in [-0.15, -0.1) is 0 Å². The van der Waals surface area contributed by atoms with Crippen LogP contribution in [0.2, 0.25) is 0 Å². The van der Waals surface area contributed by atoms with Crippen LogP contribution in [0.15, 0.2) is 18.2 Å². The van der Waals surface area contributed by atoms with Crippen LogP contribution in [-0.4, -0.2) is 50.5 Å². The molecule has 1 aliphatic rings. The van der Waals surface area contributed by atoms with E-state index in [9.17, 15) is 9.90 Å². The van der Waals surface area contributed by atoms with Crippen LogP contribution in [-0.2, 0) is 11.2 Å². The van der Waals surface area contributed by atoms with Gasteiger partial charge in [0.1, 0.15) is 0 Å². The summed E-state index contributed by atoms with van der Waals surface area (Å²) in [5, 5.41) is 15.3. The van der Waals surface area contributed by atoms with Crippen molar-refractivity contribution in [3.8, 4) is 11.5 Å². The normalized spacial score (nSPS) is 21.1. The fraction of sp³-hybridized carbons (Fsp3) is 0.533. The van der Waals surface area contributed by atoms with E-state index in [4.69, 9.17) is 9.47 Å². The van der Waals surface area contributed by atoms with E-state index in [-0.39, 0.29) is 11.9 Å². The van der Waals surface area contributed by atoms with Gasteiger partial charge in [-0.3, -0.25) is 4.79 Å². The lowest BCUT2D eigenvalue weighted by Gasteiger charge is -2.12. The molecule has 1 amide bonds. The van der Waals surface area contributed by atoms with E-state index in [0.717, 1.165) is 5.56 Å². The van der Waals surface area contributed by atoms with Crippen LogP contribution in [0.1, 0.15) is 12.0 Å². The van der Waals surface area contributed by atoms with Gasteiger partial charge in [0.05, 0.1) is 26.4 Å². The summed E-state index contributed by atoms with van der Waals surface area (Å²) in [6.45, 7) is 1.02. The second-order valence-corrected chi connectivity index (χ2v) is 5.08. The zero-order valence-corrected chi connectivity index (χ0v) is 12.4. The zero-order valence-electron chi connectivity index (χ0n) is 12.4. The molecule has 3 N–H and O–H groups in total. The summed E-state index contributed by atoms with van der Waals surface area (Å²) in [5.41, 5.74) is 1.06. The molecule has 1 aromatic rings. The Bertz CT molecular complexity index is 493. The molecule has 0 aliphatic carbocycles. The predicted octanol–water partition coefficient (Wildman–Crippen LogP) is 0.0853. The van der Waals surface area contributed by atoms with E-state index in [1.807, 2.05) is 18.2 Å². The van der Waals surface area contributed by atoms with Gasteiger partial charge < -0.3 is 25.2 Å². The third-order valence-electron chi connectivity index (χ3n) is 3.59. The third kappa shape index (κ3) is 4.09. The lowest BCUT2D eigenvalue weighted by molar-refractivity contribution is -0.122. The number of hydrogen-bond donors (Lipinski definition) is 3. The fourth-order valence-electron chi connectivity index (χ4n) is 2.41. The molecular weight excluding hydrogens is 272 g/mol. The first kappa shape index (κ1) is 15.6. The topological polar surface area (TPSA) is 79.8 Å². The summed E-state index contributed by atoms with van der Waals surface area (Å²) in [6, 6.07) is 5.42. The number of benzene rings is 1. The number of methoxy groups -OCH3 is 2. The first-order chi connectivity index (χ1) is 10.1. The monoisotopic (exact) mass is 294 g/mol. The number of aliphatic hydroxyl groups excluding tert-OH is 1. The van der Waals surface area contributed by atoms with E-state index in [0.29, 0.717) is 37.4 Å². The number of carbonyl (C=O) groups excluding carboxylic acids is 1. The molecule has 21 heavy (non-hydrogen) atoms. The van der Waals surface area contributed by atoms with Crippen molar-refractivity contribution in [2.24, 2.45) is 0 Å². The van der Waals surface area contributed by atoms with Crippen LogP contribution in [0.25, 0.3) is 0 Å². The molecule has 0 radical (unpaired) electrons. The molecule has 116 valence electrons. The molecule has 2 unspecified atom stereocenters. The van der Waals surface area contributed by atoms with Gasteiger partial charge in [-0.2, -0.15) is 0 Å². The lowest BCUT2D eigenvalue weighted by Crippen LogP contribution is -2.41. The Balaban J connectivity index is 1.82. The second kappa shape index (κ2) is 7.28. The number of ether oxygens (including phenoxy) is 2. The standard InChI is InChI=1S/C15H22N2O4/c1-20-13-4-3-10(7-14(13)21-2)5-6-16-15(19)12-8-11(18)9-17-12/h3-4,7,11-12,17-18H,5-6,8-9H2,1-2H3,(H,16,19). The van der Waals surface area contributed by atoms with Crippen LogP contribution in [0.5, 0.6) is 11.5 Å². The molecule has 6 nitrogen and oxygen atoms in total. The number of β-amino-alcohol motifs (C(OH)–C–C–N with tert-alkyl or cyclic N) is 1. The summed E-state index contributed by atoms with van der Waals surface area (Å²) in [5.74, 6) is 1.31. The van der Waals surface area contributed by atoms with E-state index in [1.54, 1.807) is 14.2 Å². The first-order valence-electron chi connectivity index (χ1n) is 7.04. The molecule has 0 saturated carbocycles. The van der Waals surface area contributed by atoms with Crippen LogP contribution in [0.3, 0.4) is 0 Å². The zero-order chi connectivity index (χ0) is 15.2. The van der Waals surface area contributed by atoms with Crippen molar-refractivity contribution < 1.29 is 19.4 Å². The van der Waals surface area contributed by atoms with Crippen LogP contribution < -0.4 is 20.1 Å². The highest BCUT2D eigenvalue weighted by Gasteiger charge is 2.27. The van der Waals surface area contributed by atoms with Crippen LogP contribution in [0.4, 0.5) is 0 Å². The highest BCUT2D eigenvalue weighted by molar-refractivity contribution is 5.82. The molecule has 1 saturated heterocycles. The minimum absolute atomic E-state index is 0.0629. The Morgan fingerprint density at radius 2 is 2.14 bits per heavy atom. The summed E-state index contributed by atoms with van der Waals surface area (Å²) >= 11 is 0. The summed E-state index contributed by atoms with van der Waals surface area (Å²) in [6.07, 6.45) is 0.760. The van der Waals surface area contributed by atoms with Crippen molar-refractivity contribution >= 4 is 5.91 Å². The van der Waals surface area contributed by atoms with Crippen LogP contribution in [0, 0.1) is 0 Å². The van der Waals surface area contributed by atoms with Gasteiger partial charge in [-0.05, 0) is 30.5 Å². The molecule has 1 heterocycles. The molecule has 1 aliphatic heterocycles. The maximum atomic E-state index is 11.9. The van der Waals surface area contributed by atoms with E-state index < -0.39 is 6.10 Å². The third-order valence-corrected chi connectivity index (χ3v) is 3.59. The van der Waals surface area contributed by atoms with E-state index in [2.05, 4.69) is 10.6 Å². The number of aliphatic hydroxyl groups is 1. The second-order valence-electron chi connectivity index (χ2n) is 5.08. The number of nitrogens with one attached hydrogen (secondary N) is 2. The van der Waals surface area contributed by atoms with Crippen molar-refractivity contribution in [1.29, 1.82) is 0 Å². The maximum Gasteiger partial charge on any atom is 0.237 e. The first-order valence-corrected chi connectivity index (χ1v) is 7.04.